The van der Waals surface area contributed by atoms with Gasteiger partial charge in [0.2, 0.25) is 5.88 Å². The maximum atomic E-state index is 12.0. The first kappa shape index (κ1) is 21.0. The summed E-state index contributed by atoms with van der Waals surface area (Å²) in [6, 6.07) is 3.75. The molecule has 2 aromatic rings. The van der Waals surface area contributed by atoms with E-state index in [-0.39, 0.29) is 11.9 Å². The fourth-order valence-electron chi connectivity index (χ4n) is 2.80. The molecule has 0 bridgehead atoms. The largest absolute Gasteiger partial charge is 0.481 e. The molecular weight excluding hydrogens is 364 g/mol. The number of unbranched alkanes of at least 4 members (excludes halogenated alkanes) is 1. The van der Waals surface area contributed by atoms with E-state index in [2.05, 4.69) is 15.3 Å². The van der Waals surface area contributed by atoms with Crippen molar-refractivity contribution in [2.75, 3.05) is 13.7 Å². The molecule has 0 spiro atoms. The van der Waals surface area contributed by atoms with Crippen LogP contribution in [-0.2, 0) is 27.2 Å². The maximum Gasteiger partial charge on any atom is 0.306 e. The minimum absolute atomic E-state index is 0.0164. The van der Waals surface area contributed by atoms with Crippen LogP contribution in [0.2, 0.25) is 0 Å². The van der Waals surface area contributed by atoms with Gasteiger partial charge in [-0.05, 0) is 44.1 Å². The SMILES string of the molecule is CCOC(=O)CC(CCc1csc(CCCC=O)n1)c1ccc(OC)nc1. The first-order chi connectivity index (χ1) is 13.2. The Balaban J connectivity index is 2.00. The monoisotopic (exact) mass is 390 g/mol. The minimum Gasteiger partial charge on any atom is -0.481 e. The number of aromatic nitrogens is 2. The van der Waals surface area contributed by atoms with E-state index in [4.69, 9.17) is 9.47 Å². The highest BCUT2D eigenvalue weighted by Crippen LogP contribution is 2.27. The summed E-state index contributed by atoms with van der Waals surface area (Å²) >= 11 is 1.63. The van der Waals surface area contributed by atoms with Crippen molar-refractivity contribution < 1.29 is 19.1 Å². The van der Waals surface area contributed by atoms with E-state index in [1.165, 1.54) is 0 Å². The Morgan fingerprint density at radius 3 is 2.85 bits per heavy atom. The number of hydrogen-bond donors (Lipinski definition) is 0. The first-order valence-corrected chi connectivity index (χ1v) is 10.1. The Morgan fingerprint density at radius 1 is 1.33 bits per heavy atom. The molecule has 2 heterocycles. The van der Waals surface area contributed by atoms with Crippen LogP contribution in [0.15, 0.2) is 23.7 Å². The Kier molecular flexibility index (Phi) is 8.91. The van der Waals surface area contributed by atoms with Gasteiger partial charge in [-0.1, -0.05) is 6.07 Å². The highest BCUT2D eigenvalue weighted by atomic mass is 32.1. The third-order valence-corrected chi connectivity index (χ3v) is 5.18. The van der Waals surface area contributed by atoms with Crippen LogP contribution in [0.1, 0.15) is 54.8 Å². The van der Waals surface area contributed by atoms with Crippen LogP contribution < -0.4 is 4.74 Å². The van der Waals surface area contributed by atoms with Gasteiger partial charge in [0.1, 0.15) is 6.29 Å². The predicted molar refractivity (Wildman–Crippen MR) is 104 cm³/mol. The average molecular weight is 391 g/mol. The molecule has 0 saturated carbocycles. The van der Waals surface area contributed by atoms with Crippen molar-refractivity contribution in [3.8, 4) is 5.88 Å². The number of nitrogens with zero attached hydrogens (tertiary/aromatic N) is 2. The number of esters is 1. The third kappa shape index (κ3) is 7.09. The lowest BCUT2D eigenvalue weighted by molar-refractivity contribution is -0.143. The molecule has 27 heavy (non-hydrogen) atoms. The van der Waals surface area contributed by atoms with Gasteiger partial charge in [-0.3, -0.25) is 4.79 Å². The van der Waals surface area contributed by atoms with E-state index in [0.29, 0.717) is 25.3 Å². The quantitative estimate of drug-likeness (QED) is 0.312. The Morgan fingerprint density at radius 2 is 2.19 bits per heavy atom. The number of aryl methyl sites for hydroxylation is 2. The fraction of sp³-hybridized carbons (Fsp3) is 0.500. The second-order valence-corrected chi connectivity index (χ2v) is 7.11. The summed E-state index contributed by atoms with van der Waals surface area (Å²) in [6.07, 6.45) is 6.81. The molecule has 1 atom stereocenters. The van der Waals surface area contributed by atoms with Crippen molar-refractivity contribution in [2.24, 2.45) is 0 Å². The van der Waals surface area contributed by atoms with Gasteiger partial charge in [0, 0.05) is 24.1 Å². The molecule has 0 saturated heterocycles. The number of aldehydes is 1. The average Bonchev–Trinajstić information content (AvgIpc) is 3.13. The van der Waals surface area contributed by atoms with Crippen LogP contribution in [0.4, 0.5) is 0 Å². The topological polar surface area (TPSA) is 78.4 Å². The van der Waals surface area contributed by atoms with Crippen LogP contribution in [-0.4, -0.2) is 35.9 Å². The highest BCUT2D eigenvalue weighted by Gasteiger charge is 2.18. The lowest BCUT2D eigenvalue weighted by Crippen LogP contribution is -2.12. The Hall–Kier alpha value is -2.28. The number of methoxy groups -OCH3 is 1. The van der Waals surface area contributed by atoms with E-state index in [0.717, 1.165) is 48.2 Å². The second-order valence-electron chi connectivity index (χ2n) is 6.17. The van der Waals surface area contributed by atoms with Crippen LogP contribution in [0.5, 0.6) is 5.88 Å². The van der Waals surface area contributed by atoms with Gasteiger partial charge >= 0.3 is 5.97 Å². The van der Waals surface area contributed by atoms with Gasteiger partial charge in [-0.25, -0.2) is 9.97 Å². The molecule has 146 valence electrons. The van der Waals surface area contributed by atoms with Crippen molar-refractivity contribution in [3.63, 3.8) is 0 Å². The van der Waals surface area contributed by atoms with E-state index in [9.17, 15) is 9.59 Å². The smallest absolute Gasteiger partial charge is 0.306 e. The van der Waals surface area contributed by atoms with Crippen LogP contribution in [0, 0.1) is 0 Å². The van der Waals surface area contributed by atoms with Crippen molar-refractivity contribution >= 4 is 23.6 Å². The predicted octanol–water partition coefficient (Wildman–Crippen LogP) is 3.74. The molecule has 1 unspecified atom stereocenters. The zero-order chi connectivity index (χ0) is 19.5. The van der Waals surface area contributed by atoms with Crippen molar-refractivity contribution in [3.05, 3.63) is 40.0 Å². The third-order valence-electron chi connectivity index (χ3n) is 4.22. The second kappa shape index (κ2) is 11.4. The summed E-state index contributed by atoms with van der Waals surface area (Å²) in [5, 5.41) is 3.11. The zero-order valence-electron chi connectivity index (χ0n) is 15.8. The highest BCUT2D eigenvalue weighted by molar-refractivity contribution is 7.09. The molecule has 0 radical (unpaired) electrons. The van der Waals surface area contributed by atoms with Gasteiger partial charge in [0.25, 0.3) is 0 Å². The molecule has 0 amide bonds. The van der Waals surface area contributed by atoms with Gasteiger partial charge < -0.3 is 14.3 Å². The van der Waals surface area contributed by atoms with E-state index in [1.807, 2.05) is 19.1 Å². The summed E-state index contributed by atoms with van der Waals surface area (Å²) in [6.45, 7) is 2.19. The molecule has 0 aliphatic rings. The summed E-state index contributed by atoms with van der Waals surface area (Å²) in [5.41, 5.74) is 2.02. The number of carbonyl (C=O) groups excluding carboxylic acids is 2. The molecule has 0 aromatic carbocycles. The molecular formula is C20H26N2O4S. The summed E-state index contributed by atoms with van der Waals surface area (Å²) in [7, 11) is 1.58. The van der Waals surface area contributed by atoms with Crippen molar-refractivity contribution in [1.82, 2.24) is 9.97 Å². The maximum absolute atomic E-state index is 12.0. The number of carbonyl (C=O) groups is 2. The summed E-state index contributed by atoms with van der Waals surface area (Å²) in [4.78, 5) is 31.3. The molecule has 0 fully saturated rings. The first-order valence-electron chi connectivity index (χ1n) is 9.18. The van der Waals surface area contributed by atoms with E-state index in [1.54, 1.807) is 24.6 Å². The zero-order valence-corrected chi connectivity index (χ0v) is 16.7. The number of ether oxygens (including phenoxy) is 2. The Bertz CT molecular complexity index is 715. The lowest BCUT2D eigenvalue weighted by atomic mass is 9.92. The Labute approximate surface area is 163 Å². The number of thiazole rings is 1. The minimum atomic E-state index is -0.203. The van der Waals surface area contributed by atoms with E-state index < -0.39 is 0 Å². The van der Waals surface area contributed by atoms with Crippen LogP contribution in [0.25, 0.3) is 0 Å². The fourth-order valence-corrected chi connectivity index (χ4v) is 3.67. The normalized spacial score (nSPS) is 11.8. The van der Waals surface area contributed by atoms with Crippen LogP contribution in [0.3, 0.4) is 0 Å². The van der Waals surface area contributed by atoms with Gasteiger partial charge in [0.05, 0.1) is 30.8 Å². The van der Waals surface area contributed by atoms with Crippen LogP contribution >= 0.6 is 11.3 Å². The molecule has 7 heteroatoms. The summed E-state index contributed by atoms with van der Waals surface area (Å²) in [5.74, 6) is 0.363. The summed E-state index contributed by atoms with van der Waals surface area (Å²) < 4.78 is 10.2. The van der Waals surface area contributed by atoms with Crippen molar-refractivity contribution in [2.45, 2.75) is 51.4 Å². The van der Waals surface area contributed by atoms with Gasteiger partial charge in [-0.15, -0.1) is 11.3 Å². The number of pyridine rings is 1. The number of hydrogen-bond acceptors (Lipinski definition) is 7. The van der Waals surface area contributed by atoms with Crippen molar-refractivity contribution in [1.29, 1.82) is 0 Å². The standard InChI is InChI=1S/C20H26N2O4S/c1-3-26-20(24)12-15(16-8-10-18(25-2)21-13-16)7-9-17-14-27-19(22-17)6-4-5-11-23/h8,10-11,13-15H,3-7,9,12H2,1-2H3. The molecule has 0 N–H and O–H groups in total. The molecule has 0 aliphatic carbocycles. The molecule has 0 aliphatic heterocycles. The molecule has 2 aromatic heterocycles. The molecule has 2 rings (SSSR count). The van der Waals surface area contributed by atoms with Gasteiger partial charge in [-0.2, -0.15) is 0 Å². The number of rotatable bonds is 12. The van der Waals surface area contributed by atoms with Gasteiger partial charge in [0.15, 0.2) is 0 Å². The molecule has 6 nitrogen and oxygen atoms in total. The van der Waals surface area contributed by atoms with E-state index >= 15 is 0 Å². The lowest BCUT2D eigenvalue weighted by Gasteiger charge is -2.16.